The van der Waals surface area contributed by atoms with E-state index in [2.05, 4.69) is 14.4 Å². The minimum Gasteiger partial charge on any atom is -0.465 e. The standard InChI is InChI=1S/C15H15ClN2O4S/c1-22-15(19)11-5-6-14(13(16)10-11)23(20,21)18-9-7-12-4-2-3-8-17-12/h2-6,8,10,18H,7,9H2,1H3. The first-order valence-electron chi connectivity index (χ1n) is 6.71. The largest absolute Gasteiger partial charge is 0.465 e. The van der Waals surface area contributed by atoms with Crippen molar-refractivity contribution in [3.63, 3.8) is 0 Å². The summed E-state index contributed by atoms with van der Waals surface area (Å²) in [5.41, 5.74) is 0.965. The number of carbonyl (C=O) groups is 1. The average molecular weight is 355 g/mol. The van der Waals surface area contributed by atoms with E-state index in [1.807, 2.05) is 12.1 Å². The number of methoxy groups -OCH3 is 1. The summed E-state index contributed by atoms with van der Waals surface area (Å²) in [6, 6.07) is 9.32. The smallest absolute Gasteiger partial charge is 0.337 e. The number of sulfonamides is 1. The Hall–Kier alpha value is -1.96. The molecule has 0 unspecified atom stereocenters. The van der Waals surface area contributed by atoms with Gasteiger partial charge in [0, 0.05) is 24.9 Å². The lowest BCUT2D eigenvalue weighted by molar-refractivity contribution is 0.0600. The van der Waals surface area contributed by atoms with Gasteiger partial charge in [0.25, 0.3) is 0 Å². The number of halogens is 1. The molecular weight excluding hydrogens is 340 g/mol. The number of carbonyl (C=O) groups excluding carboxylic acids is 1. The molecule has 2 rings (SSSR count). The molecule has 0 aliphatic carbocycles. The Morgan fingerprint density at radius 2 is 2.09 bits per heavy atom. The van der Waals surface area contributed by atoms with Crippen LogP contribution in [0.5, 0.6) is 0 Å². The molecule has 6 nitrogen and oxygen atoms in total. The summed E-state index contributed by atoms with van der Waals surface area (Å²) >= 11 is 5.97. The highest BCUT2D eigenvalue weighted by atomic mass is 35.5. The molecule has 1 aromatic heterocycles. The van der Waals surface area contributed by atoms with E-state index in [-0.39, 0.29) is 22.0 Å². The van der Waals surface area contributed by atoms with Crippen LogP contribution in [0.1, 0.15) is 16.1 Å². The van der Waals surface area contributed by atoms with Gasteiger partial charge in [-0.2, -0.15) is 0 Å². The molecule has 0 atom stereocenters. The Labute approximate surface area is 139 Å². The van der Waals surface area contributed by atoms with E-state index in [4.69, 9.17) is 11.6 Å². The molecule has 8 heteroatoms. The average Bonchev–Trinajstić information content (AvgIpc) is 2.54. The Balaban J connectivity index is 2.09. The molecule has 2 aromatic rings. The van der Waals surface area contributed by atoms with Gasteiger partial charge in [0.1, 0.15) is 4.90 Å². The van der Waals surface area contributed by atoms with Crippen molar-refractivity contribution in [3.05, 3.63) is 58.9 Å². The number of pyridine rings is 1. The van der Waals surface area contributed by atoms with Gasteiger partial charge in [-0.05, 0) is 30.3 Å². The van der Waals surface area contributed by atoms with Crippen molar-refractivity contribution >= 4 is 27.6 Å². The van der Waals surface area contributed by atoms with Crippen LogP contribution in [0.3, 0.4) is 0 Å². The second-order valence-electron chi connectivity index (χ2n) is 4.61. The lowest BCUT2D eigenvalue weighted by Gasteiger charge is -2.09. The molecular formula is C15H15ClN2O4S. The van der Waals surface area contributed by atoms with Gasteiger partial charge in [-0.3, -0.25) is 4.98 Å². The van der Waals surface area contributed by atoms with Gasteiger partial charge in [0.05, 0.1) is 17.7 Å². The minimum atomic E-state index is -3.77. The van der Waals surface area contributed by atoms with Crippen LogP contribution >= 0.6 is 11.6 Å². The van der Waals surface area contributed by atoms with Crippen molar-refractivity contribution in [3.8, 4) is 0 Å². The first-order chi connectivity index (χ1) is 10.9. The lowest BCUT2D eigenvalue weighted by atomic mass is 10.2. The highest BCUT2D eigenvalue weighted by Crippen LogP contribution is 2.23. The monoisotopic (exact) mass is 354 g/mol. The van der Waals surface area contributed by atoms with Gasteiger partial charge >= 0.3 is 5.97 Å². The third kappa shape index (κ3) is 4.51. The van der Waals surface area contributed by atoms with E-state index < -0.39 is 16.0 Å². The van der Waals surface area contributed by atoms with Crippen LogP contribution in [0.25, 0.3) is 0 Å². The number of hydrogen-bond donors (Lipinski definition) is 1. The minimum absolute atomic E-state index is 0.0433. The molecule has 0 saturated heterocycles. The van der Waals surface area contributed by atoms with Crippen molar-refractivity contribution in [2.75, 3.05) is 13.7 Å². The molecule has 23 heavy (non-hydrogen) atoms. The Bertz CT molecular complexity index is 794. The normalized spacial score (nSPS) is 11.2. The molecule has 0 spiro atoms. The highest BCUT2D eigenvalue weighted by Gasteiger charge is 2.19. The second-order valence-corrected chi connectivity index (χ2v) is 6.75. The Kier molecular flexibility index (Phi) is 5.70. The van der Waals surface area contributed by atoms with Crippen molar-refractivity contribution in [2.24, 2.45) is 0 Å². The molecule has 0 bridgehead atoms. The van der Waals surface area contributed by atoms with Crippen molar-refractivity contribution in [1.29, 1.82) is 0 Å². The number of benzene rings is 1. The van der Waals surface area contributed by atoms with E-state index >= 15 is 0 Å². The second kappa shape index (κ2) is 7.54. The third-order valence-electron chi connectivity index (χ3n) is 3.04. The summed E-state index contributed by atoms with van der Waals surface area (Å²) in [6.45, 7) is 0.189. The molecule has 0 radical (unpaired) electrons. The van der Waals surface area contributed by atoms with Gasteiger partial charge in [0.2, 0.25) is 10.0 Å². The molecule has 0 saturated carbocycles. The van der Waals surface area contributed by atoms with Crippen LogP contribution < -0.4 is 4.72 Å². The fourth-order valence-corrected chi connectivity index (χ4v) is 3.48. The summed E-state index contributed by atoms with van der Waals surface area (Å²) < 4.78 is 31.5. The summed E-state index contributed by atoms with van der Waals surface area (Å²) in [5.74, 6) is -0.584. The zero-order chi connectivity index (χ0) is 16.9. The number of nitrogens with zero attached hydrogens (tertiary/aromatic N) is 1. The highest BCUT2D eigenvalue weighted by molar-refractivity contribution is 7.89. The van der Waals surface area contributed by atoms with Gasteiger partial charge in [0.15, 0.2) is 0 Å². The number of hydrogen-bond acceptors (Lipinski definition) is 5. The summed E-state index contributed by atoms with van der Waals surface area (Å²) in [5, 5.41) is -0.0433. The number of ether oxygens (including phenoxy) is 1. The van der Waals surface area contributed by atoms with Crippen LogP contribution in [-0.2, 0) is 21.2 Å². The SMILES string of the molecule is COC(=O)c1ccc(S(=O)(=O)NCCc2ccccn2)c(Cl)c1. The zero-order valence-corrected chi connectivity index (χ0v) is 13.9. The van der Waals surface area contributed by atoms with Gasteiger partial charge in [-0.25, -0.2) is 17.9 Å². The molecule has 1 heterocycles. The summed E-state index contributed by atoms with van der Waals surface area (Å²) in [4.78, 5) is 15.4. The van der Waals surface area contributed by atoms with Crippen LogP contribution in [0.15, 0.2) is 47.5 Å². The van der Waals surface area contributed by atoms with Crippen molar-refractivity contribution < 1.29 is 17.9 Å². The number of aromatic nitrogens is 1. The van der Waals surface area contributed by atoms with Crippen molar-refractivity contribution in [2.45, 2.75) is 11.3 Å². The molecule has 0 aliphatic heterocycles. The van der Waals surface area contributed by atoms with Crippen molar-refractivity contribution in [1.82, 2.24) is 9.71 Å². The maximum absolute atomic E-state index is 12.3. The van der Waals surface area contributed by atoms with E-state index in [0.717, 1.165) is 5.69 Å². The number of rotatable bonds is 6. The van der Waals surface area contributed by atoms with E-state index in [1.54, 1.807) is 12.3 Å². The number of esters is 1. The Morgan fingerprint density at radius 3 is 2.70 bits per heavy atom. The first-order valence-corrected chi connectivity index (χ1v) is 8.57. The molecule has 0 aliphatic rings. The Morgan fingerprint density at radius 1 is 1.30 bits per heavy atom. The van der Waals surface area contributed by atoms with E-state index in [9.17, 15) is 13.2 Å². The van der Waals surface area contributed by atoms with Gasteiger partial charge < -0.3 is 4.74 Å². The molecule has 1 aromatic carbocycles. The summed E-state index contributed by atoms with van der Waals surface area (Å²) in [6.07, 6.45) is 2.10. The van der Waals surface area contributed by atoms with E-state index in [0.29, 0.717) is 6.42 Å². The third-order valence-corrected chi connectivity index (χ3v) is 4.99. The quantitative estimate of drug-likeness (QED) is 0.802. The predicted molar refractivity (Wildman–Crippen MR) is 85.9 cm³/mol. The predicted octanol–water partition coefficient (Wildman–Crippen LogP) is 2.04. The fourth-order valence-electron chi connectivity index (χ4n) is 1.90. The molecule has 0 amide bonds. The van der Waals surface area contributed by atoms with Gasteiger partial charge in [-0.15, -0.1) is 0 Å². The molecule has 122 valence electrons. The maximum atomic E-state index is 12.3. The van der Waals surface area contributed by atoms with Crippen LogP contribution in [0, 0.1) is 0 Å². The topological polar surface area (TPSA) is 85.4 Å². The summed E-state index contributed by atoms with van der Waals surface area (Å²) in [7, 11) is -2.54. The maximum Gasteiger partial charge on any atom is 0.337 e. The van der Waals surface area contributed by atoms with Crippen LogP contribution in [0.2, 0.25) is 5.02 Å². The van der Waals surface area contributed by atoms with Crippen LogP contribution in [-0.4, -0.2) is 33.0 Å². The van der Waals surface area contributed by atoms with Gasteiger partial charge in [-0.1, -0.05) is 17.7 Å². The van der Waals surface area contributed by atoms with E-state index in [1.165, 1.54) is 25.3 Å². The van der Waals surface area contributed by atoms with Crippen LogP contribution in [0.4, 0.5) is 0 Å². The molecule has 1 N–H and O–H groups in total. The first kappa shape index (κ1) is 17.4. The fraction of sp³-hybridized carbons (Fsp3) is 0.200. The number of nitrogens with one attached hydrogen (secondary N) is 1. The zero-order valence-electron chi connectivity index (χ0n) is 12.3. The molecule has 0 fully saturated rings. The lowest BCUT2D eigenvalue weighted by Crippen LogP contribution is -2.26.